The monoisotopic (exact) mass is 332 g/mol. The van der Waals surface area contributed by atoms with E-state index in [2.05, 4.69) is 0 Å². The zero-order chi connectivity index (χ0) is 15.9. The Hall–Kier alpha value is -1.97. The van der Waals surface area contributed by atoms with Crippen LogP contribution < -0.4 is 4.90 Å². The molecule has 0 spiro atoms. The normalized spacial score (nSPS) is 15.4. The smallest absolute Gasteiger partial charge is 0.265 e. The third-order valence-corrected chi connectivity index (χ3v) is 3.85. The molecule has 3 nitrogen and oxygen atoms in total. The lowest BCUT2D eigenvalue weighted by atomic mass is 10.1. The average Bonchev–Trinajstić information content (AvgIpc) is 2.70. The summed E-state index contributed by atoms with van der Waals surface area (Å²) in [6.07, 6.45) is 1.82. The van der Waals surface area contributed by atoms with Gasteiger partial charge in [-0.1, -0.05) is 35.3 Å². The molecule has 3 rings (SSSR count). The summed E-state index contributed by atoms with van der Waals surface area (Å²) in [7, 11) is 3.77. The summed E-state index contributed by atoms with van der Waals surface area (Å²) in [5.74, 6) is -0.0896. The predicted molar refractivity (Wildman–Crippen MR) is 91.7 cm³/mol. The molecule has 112 valence electrons. The number of carbonyl (C=O) groups is 1. The molecule has 0 radical (unpaired) electrons. The van der Waals surface area contributed by atoms with Crippen LogP contribution in [-0.2, 0) is 4.79 Å². The summed E-state index contributed by atoms with van der Waals surface area (Å²) in [6, 6.07) is 12.7. The van der Waals surface area contributed by atoms with Crippen molar-refractivity contribution >= 4 is 46.1 Å². The Balaban J connectivity index is 2.21. The minimum Gasteiger partial charge on any atom is -0.383 e. The van der Waals surface area contributed by atoms with E-state index < -0.39 is 0 Å². The summed E-state index contributed by atoms with van der Waals surface area (Å²) in [5, 5.41) is 1.17. The van der Waals surface area contributed by atoms with Crippen LogP contribution in [0.15, 0.2) is 48.7 Å². The molecule has 1 aliphatic heterocycles. The van der Waals surface area contributed by atoms with E-state index in [1.807, 2.05) is 43.4 Å². The molecule has 0 atom stereocenters. The lowest BCUT2D eigenvalue weighted by Gasteiger charge is -2.17. The highest BCUT2D eigenvalue weighted by Crippen LogP contribution is 2.43. The first kappa shape index (κ1) is 14.9. The van der Waals surface area contributed by atoms with Crippen LogP contribution in [0.25, 0.3) is 5.57 Å². The van der Waals surface area contributed by atoms with Gasteiger partial charge in [-0.05, 0) is 30.3 Å². The van der Waals surface area contributed by atoms with E-state index in [4.69, 9.17) is 23.2 Å². The quantitative estimate of drug-likeness (QED) is 0.752. The number of hydrogen-bond donors (Lipinski definition) is 0. The summed E-state index contributed by atoms with van der Waals surface area (Å²) < 4.78 is 0. The molecular formula is C17H14Cl2N2O. The number of carbonyl (C=O) groups excluding carboxylic acids is 1. The van der Waals surface area contributed by atoms with Gasteiger partial charge in [0, 0.05) is 35.9 Å². The third-order valence-electron chi connectivity index (χ3n) is 3.38. The van der Waals surface area contributed by atoms with E-state index in [1.165, 1.54) is 0 Å². The first-order valence-electron chi connectivity index (χ1n) is 6.75. The van der Waals surface area contributed by atoms with Crippen LogP contribution in [0, 0.1) is 0 Å². The maximum absolute atomic E-state index is 12.9. The molecule has 0 fully saturated rings. The highest BCUT2D eigenvalue weighted by atomic mass is 35.5. The van der Waals surface area contributed by atoms with Crippen LogP contribution >= 0.6 is 23.2 Å². The van der Waals surface area contributed by atoms with Crippen LogP contribution in [0.2, 0.25) is 10.0 Å². The number of rotatable bonds is 2. The second-order valence-corrected chi connectivity index (χ2v) is 6.16. The summed E-state index contributed by atoms with van der Waals surface area (Å²) in [6.45, 7) is 0. The fourth-order valence-corrected chi connectivity index (χ4v) is 2.87. The molecule has 1 aliphatic rings. The molecule has 0 saturated carbocycles. The molecule has 0 N–H and O–H groups in total. The van der Waals surface area contributed by atoms with E-state index in [-0.39, 0.29) is 5.91 Å². The van der Waals surface area contributed by atoms with E-state index >= 15 is 0 Å². The van der Waals surface area contributed by atoms with Crippen LogP contribution in [0.3, 0.4) is 0 Å². The van der Waals surface area contributed by atoms with Crippen molar-refractivity contribution in [1.82, 2.24) is 4.90 Å². The molecule has 1 amide bonds. The minimum atomic E-state index is -0.0896. The minimum absolute atomic E-state index is 0.0896. The van der Waals surface area contributed by atoms with Crippen molar-refractivity contribution in [3.63, 3.8) is 0 Å². The highest BCUT2D eigenvalue weighted by Gasteiger charge is 2.33. The fourth-order valence-electron chi connectivity index (χ4n) is 2.52. The maximum Gasteiger partial charge on any atom is 0.265 e. The lowest BCUT2D eigenvalue weighted by molar-refractivity contribution is -0.112. The van der Waals surface area contributed by atoms with E-state index in [0.717, 1.165) is 16.9 Å². The van der Waals surface area contributed by atoms with Gasteiger partial charge in [0.1, 0.15) is 0 Å². The number of anilines is 2. The van der Waals surface area contributed by atoms with Crippen LogP contribution in [0.1, 0.15) is 5.56 Å². The molecule has 0 unspecified atom stereocenters. The predicted octanol–water partition coefficient (Wildman–Crippen LogP) is 4.57. The number of hydrogen-bond acceptors (Lipinski definition) is 2. The topological polar surface area (TPSA) is 23.6 Å². The van der Waals surface area contributed by atoms with E-state index in [1.54, 1.807) is 29.2 Å². The van der Waals surface area contributed by atoms with Gasteiger partial charge in [-0.2, -0.15) is 0 Å². The van der Waals surface area contributed by atoms with Gasteiger partial charge in [0.25, 0.3) is 5.91 Å². The molecule has 22 heavy (non-hydrogen) atoms. The van der Waals surface area contributed by atoms with Gasteiger partial charge in [-0.15, -0.1) is 0 Å². The second kappa shape index (κ2) is 5.67. The van der Waals surface area contributed by atoms with Crippen molar-refractivity contribution in [2.45, 2.75) is 0 Å². The van der Waals surface area contributed by atoms with Crippen LogP contribution in [-0.4, -0.2) is 24.9 Å². The van der Waals surface area contributed by atoms with Crippen LogP contribution in [0.5, 0.6) is 0 Å². The first-order valence-corrected chi connectivity index (χ1v) is 7.51. The summed E-state index contributed by atoms with van der Waals surface area (Å²) in [4.78, 5) is 16.4. The maximum atomic E-state index is 12.9. The largest absolute Gasteiger partial charge is 0.383 e. The van der Waals surface area contributed by atoms with Crippen LogP contribution in [0.4, 0.5) is 11.4 Å². The van der Waals surface area contributed by atoms with Gasteiger partial charge in [-0.25, -0.2) is 0 Å². The van der Waals surface area contributed by atoms with Crippen molar-refractivity contribution in [3.8, 4) is 0 Å². The van der Waals surface area contributed by atoms with Gasteiger partial charge in [0.2, 0.25) is 0 Å². The number of fused-ring (bicyclic) bond motifs is 1. The van der Waals surface area contributed by atoms with Crippen molar-refractivity contribution in [3.05, 3.63) is 64.3 Å². The Kier molecular flexibility index (Phi) is 3.85. The van der Waals surface area contributed by atoms with Gasteiger partial charge < -0.3 is 4.90 Å². The van der Waals surface area contributed by atoms with Crippen molar-refractivity contribution in [2.75, 3.05) is 19.0 Å². The molecule has 0 aliphatic carbocycles. The third kappa shape index (κ3) is 2.58. The summed E-state index contributed by atoms with van der Waals surface area (Å²) in [5.41, 5.74) is 3.00. The zero-order valence-electron chi connectivity index (χ0n) is 12.2. The van der Waals surface area contributed by atoms with Crippen molar-refractivity contribution < 1.29 is 4.79 Å². The van der Waals surface area contributed by atoms with Gasteiger partial charge in [0.15, 0.2) is 0 Å². The Morgan fingerprint density at radius 2 is 1.77 bits per heavy atom. The second-order valence-electron chi connectivity index (χ2n) is 5.29. The van der Waals surface area contributed by atoms with Crippen molar-refractivity contribution in [1.29, 1.82) is 0 Å². The number of amides is 1. The Labute approximate surface area is 139 Å². The zero-order valence-corrected chi connectivity index (χ0v) is 13.7. The van der Waals surface area contributed by atoms with E-state index in [0.29, 0.717) is 15.6 Å². The Morgan fingerprint density at radius 3 is 2.45 bits per heavy atom. The van der Waals surface area contributed by atoms with Crippen molar-refractivity contribution in [2.24, 2.45) is 0 Å². The standard InChI is InChI=1S/C17H14Cl2N2O/c1-20(2)10-15-14-7-6-12(19)9-16(14)21(17(15)22)13-5-3-4-11(18)8-13/h3-10H,1-2H3/b15-10-. The fraction of sp³-hybridized carbons (Fsp3) is 0.118. The lowest BCUT2D eigenvalue weighted by Crippen LogP contribution is -2.21. The first-order chi connectivity index (χ1) is 10.5. The number of nitrogens with zero attached hydrogens (tertiary/aromatic N) is 2. The molecule has 5 heteroatoms. The summed E-state index contributed by atoms with van der Waals surface area (Å²) >= 11 is 12.2. The Morgan fingerprint density at radius 1 is 1.05 bits per heavy atom. The van der Waals surface area contributed by atoms with Gasteiger partial charge >= 0.3 is 0 Å². The average molecular weight is 333 g/mol. The molecule has 2 aromatic rings. The molecule has 1 heterocycles. The molecular weight excluding hydrogens is 319 g/mol. The molecule has 0 aromatic heterocycles. The SMILES string of the molecule is CN(C)/C=C1\C(=O)N(c2cccc(Cl)c2)c2cc(Cl)ccc21. The Bertz CT molecular complexity index is 784. The number of benzene rings is 2. The van der Waals surface area contributed by atoms with Gasteiger partial charge in [-0.3, -0.25) is 9.69 Å². The van der Waals surface area contributed by atoms with Gasteiger partial charge in [0.05, 0.1) is 16.9 Å². The number of halogens is 2. The molecule has 0 bridgehead atoms. The van der Waals surface area contributed by atoms with E-state index in [9.17, 15) is 4.79 Å². The highest BCUT2D eigenvalue weighted by molar-refractivity contribution is 6.37. The molecule has 2 aromatic carbocycles. The molecule has 0 saturated heterocycles.